The van der Waals surface area contributed by atoms with E-state index in [2.05, 4.69) is 15.6 Å². The SMILES string of the molecule is O=C(N[C@@H]1c2ccccc2C[C@@H]1O)c1cccc(NC(=O)c2cnc3ccccn23)c1. The minimum atomic E-state index is -0.667. The van der Waals surface area contributed by atoms with Crippen molar-refractivity contribution in [3.63, 3.8) is 0 Å². The zero-order chi connectivity index (χ0) is 21.4. The number of nitrogens with zero attached hydrogens (tertiary/aromatic N) is 2. The molecule has 2 atom stereocenters. The lowest BCUT2D eigenvalue weighted by Crippen LogP contribution is -2.33. The lowest BCUT2D eigenvalue weighted by molar-refractivity contribution is 0.0858. The van der Waals surface area contributed by atoms with Gasteiger partial charge >= 0.3 is 0 Å². The number of hydrogen-bond acceptors (Lipinski definition) is 4. The average Bonchev–Trinajstić information content (AvgIpc) is 3.35. The van der Waals surface area contributed by atoms with Crippen LogP contribution in [0.5, 0.6) is 0 Å². The first-order valence-electron chi connectivity index (χ1n) is 10.0. The van der Waals surface area contributed by atoms with Gasteiger partial charge in [-0.2, -0.15) is 0 Å². The van der Waals surface area contributed by atoms with Crippen molar-refractivity contribution < 1.29 is 14.7 Å². The van der Waals surface area contributed by atoms with Gasteiger partial charge in [-0.15, -0.1) is 0 Å². The zero-order valence-electron chi connectivity index (χ0n) is 16.5. The molecule has 31 heavy (non-hydrogen) atoms. The molecule has 2 aromatic heterocycles. The van der Waals surface area contributed by atoms with Crippen molar-refractivity contribution in [2.24, 2.45) is 0 Å². The number of carbonyl (C=O) groups is 2. The first-order chi connectivity index (χ1) is 15.1. The van der Waals surface area contributed by atoms with Crippen molar-refractivity contribution in [2.75, 3.05) is 5.32 Å². The van der Waals surface area contributed by atoms with Crippen LogP contribution in [0.25, 0.3) is 5.65 Å². The van der Waals surface area contributed by atoms with E-state index in [1.807, 2.05) is 42.5 Å². The molecule has 7 nitrogen and oxygen atoms in total. The number of carbonyl (C=O) groups excluding carboxylic acids is 2. The minimum Gasteiger partial charge on any atom is -0.390 e. The summed E-state index contributed by atoms with van der Waals surface area (Å²) >= 11 is 0. The monoisotopic (exact) mass is 412 g/mol. The van der Waals surface area contributed by atoms with E-state index in [9.17, 15) is 14.7 Å². The van der Waals surface area contributed by atoms with Gasteiger partial charge in [0.2, 0.25) is 0 Å². The number of fused-ring (bicyclic) bond motifs is 2. The molecule has 3 N–H and O–H groups in total. The standard InChI is InChI=1S/C24H20N4O3/c29-20-13-15-6-1-2-9-18(15)22(20)27-23(30)16-7-5-8-17(12-16)26-24(31)19-14-25-21-10-3-4-11-28(19)21/h1-12,14,20,22,29H,13H2,(H,26,31)(H,27,30)/t20-,22+/m0/s1. The van der Waals surface area contributed by atoms with Crippen LogP contribution in [0.4, 0.5) is 5.69 Å². The normalized spacial score (nSPS) is 17.3. The fraction of sp³-hybridized carbons (Fsp3) is 0.125. The highest BCUT2D eigenvalue weighted by molar-refractivity contribution is 6.04. The molecular weight excluding hydrogens is 392 g/mol. The van der Waals surface area contributed by atoms with Crippen LogP contribution in [0.2, 0.25) is 0 Å². The van der Waals surface area contributed by atoms with Crippen LogP contribution in [0.3, 0.4) is 0 Å². The third-order valence-corrected chi connectivity index (χ3v) is 5.52. The Labute approximate surface area is 178 Å². The van der Waals surface area contributed by atoms with Gasteiger partial charge in [-0.05, 0) is 41.5 Å². The van der Waals surface area contributed by atoms with Gasteiger partial charge in [-0.25, -0.2) is 4.98 Å². The molecule has 0 fully saturated rings. The van der Waals surface area contributed by atoms with Gasteiger partial charge in [-0.3, -0.25) is 14.0 Å². The van der Waals surface area contributed by atoms with E-state index in [1.165, 1.54) is 6.20 Å². The second kappa shape index (κ2) is 7.70. The van der Waals surface area contributed by atoms with Crippen LogP contribution < -0.4 is 10.6 Å². The quantitative estimate of drug-likeness (QED) is 0.480. The molecule has 2 heterocycles. The number of aliphatic hydroxyl groups excluding tert-OH is 1. The molecule has 0 saturated carbocycles. The number of pyridine rings is 1. The number of rotatable bonds is 4. The Hall–Kier alpha value is -3.97. The van der Waals surface area contributed by atoms with E-state index in [0.717, 1.165) is 11.1 Å². The van der Waals surface area contributed by atoms with Gasteiger partial charge < -0.3 is 15.7 Å². The highest BCUT2D eigenvalue weighted by Crippen LogP contribution is 2.31. The molecule has 0 aliphatic heterocycles. The zero-order valence-corrected chi connectivity index (χ0v) is 16.5. The molecule has 154 valence electrons. The molecule has 2 amide bonds. The van der Waals surface area contributed by atoms with Crippen LogP contribution in [0.1, 0.15) is 38.0 Å². The third kappa shape index (κ3) is 3.55. The van der Waals surface area contributed by atoms with E-state index >= 15 is 0 Å². The molecule has 0 bridgehead atoms. The smallest absolute Gasteiger partial charge is 0.274 e. The van der Waals surface area contributed by atoms with Crippen molar-refractivity contribution in [3.8, 4) is 0 Å². The van der Waals surface area contributed by atoms with Gasteiger partial charge in [0.25, 0.3) is 11.8 Å². The molecule has 0 saturated heterocycles. The van der Waals surface area contributed by atoms with Gasteiger partial charge in [0.15, 0.2) is 0 Å². The van der Waals surface area contributed by atoms with Gasteiger partial charge in [0.05, 0.1) is 18.3 Å². The van der Waals surface area contributed by atoms with E-state index in [0.29, 0.717) is 29.0 Å². The summed E-state index contributed by atoms with van der Waals surface area (Å²) in [4.78, 5) is 29.8. The van der Waals surface area contributed by atoms with Crippen molar-refractivity contribution in [1.29, 1.82) is 0 Å². The molecule has 0 spiro atoms. The maximum atomic E-state index is 12.8. The Morgan fingerprint density at radius 2 is 1.84 bits per heavy atom. The predicted molar refractivity (Wildman–Crippen MR) is 116 cm³/mol. The number of benzene rings is 2. The largest absolute Gasteiger partial charge is 0.390 e. The molecule has 0 unspecified atom stereocenters. The van der Waals surface area contributed by atoms with E-state index in [1.54, 1.807) is 34.9 Å². The molecule has 0 radical (unpaired) electrons. The summed E-state index contributed by atoms with van der Waals surface area (Å²) < 4.78 is 1.70. The summed E-state index contributed by atoms with van der Waals surface area (Å²) in [6.45, 7) is 0. The lowest BCUT2D eigenvalue weighted by atomic mass is 10.1. The average molecular weight is 412 g/mol. The molecule has 4 aromatic rings. The van der Waals surface area contributed by atoms with E-state index < -0.39 is 12.1 Å². The van der Waals surface area contributed by atoms with E-state index in [4.69, 9.17) is 0 Å². The fourth-order valence-electron chi connectivity index (χ4n) is 4.01. The van der Waals surface area contributed by atoms with Crippen molar-refractivity contribution in [1.82, 2.24) is 14.7 Å². The Kier molecular flexibility index (Phi) is 4.72. The molecule has 5 rings (SSSR count). The van der Waals surface area contributed by atoms with Crippen LogP contribution in [-0.2, 0) is 6.42 Å². The summed E-state index contributed by atoms with van der Waals surface area (Å²) in [5, 5.41) is 16.1. The summed E-state index contributed by atoms with van der Waals surface area (Å²) in [6, 6.07) is 19.4. The first kappa shape index (κ1) is 19.0. The number of anilines is 1. The molecule has 1 aliphatic carbocycles. The fourth-order valence-corrected chi connectivity index (χ4v) is 4.01. The second-order valence-corrected chi connectivity index (χ2v) is 7.53. The summed E-state index contributed by atoms with van der Waals surface area (Å²) in [5.74, 6) is -0.636. The van der Waals surface area contributed by atoms with Crippen LogP contribution in [-0.4, -0.2) is 32.4 Å². The van der Waals surface area contributed by atoms with E-state index in [-0.39, 0.29) is 11.8 Å². The molecule has 1 aliphatic rings. The van der Waals surface area contributed by atoms with Crippen molar-refractivity contribution in [3.05, 3.63) is 102 Å². The number of amides is 2. The number of nitrogens with one attached hydrogen (secondary N) is 2. The Bertz CT molecular complexity index is 1300. The predicted octanol–water partition coefficient (Wildman–Crippen LogP) is 2.97. The van der Waals surface area contributed by atoms with Gasteiger partial charge in [0, 0.05) is 23.9 Å². The summed E-state index contributed by atoms with van der Waals surface area (Å²) in [7, 11) is 0. The van der Waals surface area contributed by atoms with Crippen LogP contribution in [0.15, 0.2) is 79.1 Å². The number of aromatic nitrogens is 2. The Morgan fingerprint density at radius 1 is 1.00 bits per heavy atom. The van der Waals surface area contributed by atoms with Crippen LogP contribution in [0, 0.1) is 0 Å². The maximum Gasteiger partial charge on any atom is 0.274 e. The lowest BCUT2D eigenvalue weighted by Gasteiger charge is -2.18. The molecule has 2 aromatic carbocycles. The number of imidazole rings is 1. The maximum absolute atomic E-state index is 12.8. The topological polar surface area (TPSA) is 95.7 Å². The Morgan fingerprint density at radius 3 is 2.74 bits per heavy atom. The molecule has 7 heteroatoms. The van der Waals surface area contributed by atoms with Crippen molar-refractivity contribution in [2.45, 2.75) is 18.6 Å². The highest BCUT2D eigenvalue weighted by Gasteiger charge is 2.32. The summed E-state index contributed by atoms with van der Waals surface area (Å²) in [6.07, 6.45) is 3.13. The van der Waals surface area contributed by atoms with Gasteiger partial charge in [0.1, 0.15) is 11.3 Å². The third-order valence-electron chi connectivity index (χ3n) is 5.52. The minimum absolute atomic E-state index is 0.313. The number of hydrogen-bond donors (Lipinski definition) is 3. The summed E-state index contributed by atoms with van der Waals surface area (Å²) in [5.41, 5.74) is 3.94. The van der Waals surface area contributed by atoms with Crippen LogP contribution >= 0.6 is 0 Å². The number of aliphatic hydroxyl groups is 1. The van der Waals surface area contributed by atoms with Crippen molar-refractivity contribution >= 4 is 23.1 Å². The highest BCUT2D eigenvalue weighted by atomic mass is 16.3. The van der Waals surface area contributed by atoms with Gasteiger partial charge in [-0.1, -0.05) is 36.4 Å². The first-order valence-corrected chi connectivity index (χ1v) is 10.0. The molecular formula is C24H20N4O3. The Balaban J connectivity index is 1.33. The second-order valence-electron chi connectivity index (χ2n) is 7.53.